The Bertz CT molecular complexity index is 971. The minimum Gasteiger partial charge on any atom is -0.383 e. The molecule has 0 atom stereocenters. The minimum absolute atomic E-state index is 0.00136. The molecular weight excluding hydrogens is 401 g/mol. The zero-order valence-electron chi connectivity index (χ0n) is 13.0. The van der Waals surface area contributed by atoms with Gasteiger partial charge in [0, 0.05) is 5.02 Å². The van der Waals surface area contributed by atoms with E-state index in [2.05, 4.69) is 10.1 Å². The lowest BCUT2D eigenvalue weighted by molar-refractivity contribution is 0.0389. The molecule has 3 aromatic rings. The van der Waals surface area contributed by atoms with Gasteiger partial charge in [-0.15, -0.1) is 16.7 Å². The molecule has 0 fully saturated rings. The molecule has 0 saturated carbocycles. The molecule has 3 rings (SSSR count). The van der Waals surface area contributed by atoms with Crippen LogP contribution < -0.4 is 0 Å². The molecule has 0 N–H and O–H groups in total. The number of carbonyl (C=O) groups is 2. The quantitative estimate of drug-likeness (QED) is 0.364. The van der Waals surface area contributed by atoms with Crippen LogP contribution in [-0.2, 0) is 10.6 Å². The number of esters is 2. The largest absolute Gasteiger partial charge is 0.386 e. The number of alkyl halides is 1. The van der Waals surface area contributed by atoms with Gasteiger partial charge in [0.1, 0.15) is 5.82 Å². The molecule has 1 aromatic heterocycles. The van der Waals surface area contributed by atoms with E-state index in [9.17, 15) is 9.59 Å². The van der Waals surface area contributed by atoms with E-state index in [-0.39, 0.29) is 22.3 Å². The molecule has 2 aromatic carbocycles. The monoisotopic (exact) mass is 409 g/mol. The minimum atomic E-state index is -1.01. The van der Waals surface area contributed by atoms with E-state index in [1.165, 1.54) is 16.8 Å². The van der Waals surface area contributed by atoms with Gasteiger partial charge in [-0.05, 0) is 36.4 Å². The zero-order chi connectivity index (χ0) is 18.7. The van der Waals surface area contributed by atoms with Crippen molar-refractivity contribution in [2.24, 2.45) is 0 Å². The number of aromatic nitrogens is 3. The van der Waals surface area contributed by atoms with Crippen LogP contribution in [0.4, 0.5) is 0 Å². The summed E-state index contributed by atoms with van der Waals surface area (Å²) in [5, 5.41) is 4.79. The fraction of sp³-hybridized carbons (Fsp3) is 0.0588. The van der Waals surface area contributed by atoms with Gasteiger partial charge in [0.2, 0.25) is 0 Å². The Labute approximate surface area is 163 Å². The van der Waals surface area contributed by atoms with Crippen molar-refractivity contribution in [1.82, 2.24) is 14.8 Å². The van der Waals surface area contributed by atoms with Crippen molar-refractivity contribution in [3.05, 3.63) is 75.8 Å². The van der Waals surface area contributed by atoms with Gasteiger partial charge in [-0.1, -0.05) is 35.3 Å². The number of benzene rings is 2. The van der Waals surface area contributed by atoms with Crippen molar-refractivity contribution >= 4 is 46.7 Å². The SMILES string of the molecule is O=C(OC(=O)c1ccccc1Cl)c1nc(CCl)n(-c2ccc(Cl)cc2)n1. The van der Waals surface area contributed by atoms with Crippen LogP contribution in [-0.4, -0.2) is 26.7 Å². The Morgan fingerprint density at radius 1 is 1.00 bits per heavy atom. The number of nitrogens with zero attached hydrogens (tertiary/aromatic N) is 3. The number of rotatable bonds is 4. The van der Waals surface area contributed by atoms with Crippen LogP contribution in [0.5, 0.6) is 0 Å². The van der Waals surface area contributed by atoms with Crippen LogP contribution in [0, 0.1) is 0 Å². The van der Waals surface area contributed by atoms with Gasteiger partial charge in [0.15, 0.2) is 0 Å². The Kier molecular flexibility index (Phi) is 5.56. The molecule has 0 saturated heterocycles. The highest BCUT2D eigenvalue weighted by atomic mass is 35.5. The van der Waals surface area contributed by atoms with E-state index < -0.39 is 11.9 Å². The fourth-order valence-electron chi connectivity index (χ4n) is 2.12. The summed E-state index contributed by atoms with van der Waals surface area (Å²) in [7, 11) is 0. The van der Waals surface area contributed by atoms with Crippen molar-refractivity contribution in [3.63, 3.8) is 0 Å². The molecule has 9 heteroatoms. The smallest absolute Gasteiger partial charge is 0.383 e. The molecule has 0 unspecified atom stereocenters. The molecule has 0 aliphatic rings. The summed E-state index contributed by atoms with van der Waals surface area (Å²) in [5.41, 5.74) is 0.672. The molecule has 0 aliphatic heterocycles. The lowest BCUT2D eigenvalue weighted by atomic mass is 10.2. The van der Waals surface area contributed by atoms with Gasteiger partial charge in [-0.2, -0.15) is 0 Å². The molecule has 1 heterocycles. The fourth-order valence-corrected chi connectivity index (χ4v) is 2.63. The maximum atomic E-state index is 12.2. The number of ether oxygens (including phenoxy) is 1. The second-order valence-electron chi connectivity index (χ2n) is 5.03. The normalized spacial score (nSPS) is 10.6. The van der Waals surface area contributed by atoms with Crippen LogP contribution in [0.3, 0.4) is 0 Å². The highest BCUT2D eigenvalue weighted by molar-refractivity contribution is 6.33. The Balaban J connectivity index is 1.85. The van der Waals surface area contributed by atoms with Gasteiger partial charge >= 0.3 is 11.9 Å². The Morgan fingerprint density at radius 3 is 2.35 bits per heavy atom. The van der Waals surface area contributed by atoms with E-state index in [1.807, 2.05) is 0 Å². The molecule has 26 heavy (non-hydrogen) atoms. The summed E-state index contributed by atoms with van der Waals surface area (Å²) in [6.45, 7) is 0. The molecule has 0 aliphatic carbocycles. The highest BCUT2D eigenvalue weighted by Gasteiger charge is 2.22. The molecule has 0 spiro atoms. The van der Waals surface area contributed by atoms with E-state index in [0.717, 1.165) is 0 Å². The van der Waals surface area contributed by atoms with Crippen molar-refractivity contribution < 1.29 is 14.3 Å². The van der Waals surface area contributed by atoms with E-state index in [4.69, 9.17) is 39.5 Å². The summed E-state index contributed by atoms with van der Waals surface area (Å²) in [6.07, 6.45) is 0. The molecule has 0 radical (unpaired) electrons. The topological polar surface area (TPSA) is 74.1 Å². The lowest BCUT2D eigenvalue weighted by Gasteiger charge is -2.03. The summed E-state index contributed by atoms with van der Waals surface area (Å²) >= 11 is 17.6. The first kappa shape index (κ1) is 18.4. The third kappa shape index (κ3) is 3.88. The van der Waals surface area contributed by atoms with Crippen LogP contribution >= 0.6 is 34.8 Å². The standard InChI is InChI=1S/C17H10Cl3N3O3/c18-9-14-21-15(22-23(14)11-7-5-10(19)6-8-11)17(25)26-16(24)12-3-1-2-4-13(12)20/h1-8H,9H2. The molecule has 0 amide bonds. The first-order valence-corrected chi connectivity index (χ1v) is 8.57. The summed E-state index contributed by atoms with van der Waals surface area (Å²) < 4.78 is 6.18. The molecular formula is C17H10Cl3N3O3. The molecule has 0 bridgehead atoms. The van der Waals surface area contributed by atoms with Crippen LogP contribution in [0.1, 0.15) is 26.8 Å². The average molecular weight is 411 g/mol. The summed E-state index contributed by atoms with van der Waals surface area (Å²) in [6, 6.07) is 12.9. The number of hydrogen-bond donors (Lipinski definition) is 0. The van der Waals surface area contributed by atoms with Crippen molar-refractivity contribution in [2.75, 3.05) is 0 Å². The molecule has 132 valence electrons. The van der Waals surface area contributed by atoms with Crippen molar-refractivity contribution in [1.29, 1.82) is 0 Å². The maximum Gasteiger partial charge on any atom is 0.386 e. The third-order valence-electron chi connectivity index (χ3n) is 3.33. The van der Waals surface area contributed by atoms with Gasteiger partial charge < -0.3 is 4.74 Å². The van der Waals surface area contributed by atoms with E-state index in [0.29, 0.717) is 16.5 Å². The van der Waals surface area contributed by atoms with Gasteiger partial charge in [-0.3, -0.25) is 0 Å². The second kappa shape index (κ2) is 7.86. The predicted octanol–water partition coefficient (Wildman–Crippen LogP) is 4.31. The predicted molar refractivity (Wildman–Crippen MR) is 97.1 cm³/mol. The number of halogens is 3. The molecule has 6 nitrogen and oxygen atoms in total. The van der Waals surface area contributed by atoms with Gasteiger partial charge in [0.25, 0.3) is 5.82 Å². The zero-order valence-corrected chi connectivity index (χ0v) is 15.3. The van der Waals surface area contributed by atoms with Crippen LogP contribution in [0.2, 0.25) is 10.0 Å². The summed E-state index contributed by atoms with van der Waals surface area (Å²) in [4.78, 5) is 28.3. The Morgan fingerprint density at radius 2 is 1.69 bits per heavy atom. The second-order valence-corrected chi connectivity index (χ2v) is 6.14. The Hall–Kier alpha value is -2.41. The highest BCUT2D eigenvalue weighted by Crippen LogP contribution is 2.18. The van der Waals surface area contributed by atoms with Crippen molar-refractivity contribution in [3.8, 4) is 5.69 Å². The van der Waals surface area contributed by atoms with E-state index >= 15 is 0 Å². The maximum absolute atomic E-state index is 12.2. The lowest BCUT2D eigenvalue weighted by Crippen LogP contribution is -2.15. The van der Waals surface area contributed by atoms with Crippen molar-refractivity contribution in [2.45, 2.75) is 5.88 Å². The van der Waals surface area contributed by atoms with Crippen LogP contribution in [0.15, 0.2) is 48.5 Å². The first-order chi connectivity index (χ1) is 12.5. The number of carbonyl (C=O) groups excluding carboxylic acids is 2. The van der Waals surface area contributed by atoms with Gasteiger partial charge in [-0.25, -0.2) is 19.3 Å². The van der Waals surface area contributed by atoms with E-state index in [1.54, 1.807) is 36.4 Å². The third-order valence-corrected chi connectivity index (χ3v) is 4.15. The van der Waals surface area contributed by atoms with Crippen LogP contribution in [0.25, 0.3) is 5.69 Å². The number of hydrogen-bond acceptors (Lipinski definition) is 5. The van der Waals surface area contributed by atoms with Gasteiger partial charge in [0.05, 0.1) is 22.2 Å². The average Bonchev–Trinajstić information content (AvgIpc) is 3.07. The summed E-state index contributed by atoms with van der Waals surface area (Å²) in [5.74, 6) is -1.88. The first-order valence-electron chi connectivity index (χ1n) is 7.28.